The summed E-state index contributed by atoms with van der Waals surface area (Å²) in [4.78, 5) is 7.74. The number of aromatic amines is 1. The standard InChI is InChI=1S/C23H22FN3O/c24-19-10-6-17(7-11-19)16-18-8-12-20(13-9-18)28-15-3-14-25-23-26-21-4-1-2-5-22(21)27-23/h1-2,4-13H,3,14-16H2,(H2,25,26,27). The molecule has 28 heavy (non-hydrogen) atoms. The van der Waals surface area contributed by atoms with Gasteiger partial charge in [0.05, 0.1) is 17.6 Å². The number of ether oxygens (including phenoxy) is 1. The van der Waals surface area contributed by atoms with Crippen molar-refractivity contribution in [1.82, 2.24) is 9.97 Å². The number of fused-ring (bicyclic) bond motifs is 1. The Hall–Kier alpha value is -3.34. The van der Waals surface area contributed by atoms with E-state index in [0.717, 1.165) is 47.7 Å². The Bertz CT molecular complexity index is 993. The van der Waals surface area contributed by atoms with Gasteiger partial charge in [-0.05, 0) is 60.4 Å². The van der Waals surface area contributed by atoms with Crippen molar-refractivity contribution in [2.45, 2.75) is 12.8 Å². The predicted octanol–water partition coefficient (Wildman–Crippen LogP) is 5.17. The molecule has 1 heterocycles. The van der Waals surface area contributed by atoms with Gasteiger partial charge in [0.1, 0.15) is 11.6 Å². The van der Waals surface area contributed by atoms with Gasteiger partial charge in [-0.25, -0.2) is 9.37 Å². The summed E-state index contributed by atoms with van der Waals surface area (Å²) in [6.45, 7) is 1.41. The molecule has 0 atom stereocenters. The second-order valence-corrected chi connectivity index (χ2v) is 6.68. The molecule has 3 aromatic carbocycles. The number of rotatable bonds is 8. The molecule has 0 aliphatic heterocycles. The van der Waals surface area contributed by atoms with E-state index < -0.39 is 0 Å². The Morgan fingerprint density at radius 3 is 2.36 bits per heavy atom. The summed E-state index contributed by atoms with van der Waals surface area (Å²) in [6.07, 6.45) is 1.65. The fourth-order valence-electron chi connectivity index (χ4n) is 3.05. The molecular weight excluding hydrogens is 353 g/mol. The van der Waals surface area contributed by atoms with Gasteiger partial charge in [-0.1, -0.05) is 36.4 Å². The molecule has 0 radical (unpaired) electrons. The Balaban J connectivity index is 1.20. The van der Waals surface area contributed by atoms with Crippen molar-refractivity contribution in [3.63, 3.8) is 0 Å². The number of imidazole rings is 1. The number of halogens is 1. The van der Waals surface area contributed by atoms with Crippen LogP contribution in [0, 0.1) is 5.82 Å². The summed E-state index contributed by atoms with van der Waals surface area (Å²) in [5.74, 6) is 1.43. The highest BCUT2D eigenvalue weighted by atomic mass is 19.1. The number of hydrogen-bond donors (Lipinski definition) is 2. The number of hydrogen-bond acceptors (Lipinski definition) is 3. The zero-order chi connectivity index (χ0) is 19.2. The van der Waals surface area contributed by atoms with E-state index in [0.29, 0.717) is 6.61 Å². The van der Waals surface area contributed by atoms with Crippen LogP contribution >= 0.6 is 0 Å². The predicted molar refractivity (Wildman–Crippen MR) is 110 cm³/mol. The highest BCUT2D eigenvalue weighted by Crippen LogP contribution is 2.16. The van der Waals surface area contributed by atoms with Crippen molar-refractivity contribution in [1.29, 1.82) is 0 Å². The summed E-state index contributed by atoms with van der Waals surface area (Å²) in [5.41, 5.74) is 4.25. The number of nitrogens with one attached hydrogen (secondary N) is 2. The second-order valence-electron chi connectivity index (χ2n) is 6.68. The molecule has 4 rings (SSSR count). The first-order valence-electron chi connectivity index (χ1n) is 9.41. The molecule has 5 heteroatoms. The minimum atomic E-state index is -0.206. The van der Waals surface area contributed by atoms with Crippen LogP contribution in [0.5, 0.6) is 5.75 Å². The third-order valence-electron chi connectivity index (χ3n) is 4.52. The van der Waals surface area contributed by atoms with Crippen LogP contribution in [0.2, 0.25) is 0 Å². The van der Waals surface area contributed by atoms with Crippen LogP contribution in [0.15, 0.2) is 72.8 Å². The molecule has 0 unspecified atom stereocenters. The Morgan fingerprint density at radius 1 is 0.893 bits per heavy atom. The third-order valence-corrected chi connectivity index (χ3v) is 4.52. The molecule has 0 aliphatic carbocycles. The topological polar surface area (TPSA) is 49.9 Å². The average molecular weight is 375 g/mol. The van der Waals surface area contributed by atoms with Gasteiger partial charge < -0.3 is 15.0 Å². The minimum absolute atomic E-state index is 0.206. The van der Waals surface area contributed by atoms with E-state index in [1.807, 2.05) is 60.7 Å². The SMILES string of the molecule is Fc1ccc(Cc2ccc(OCCCNc3nc4ccccc4[nH]3)cc2)cc1. The lowest BCUT2D eigenvalue weighted by Crippen LogP contribution is -2.08. The van der Waals surface area contributed by atoms with E-state index in [4.69, 9.17) is 4.74 Å². The van der Waals surface area contributed by atoms with Crippen molar-refractivity contribution in [3.05, 3.63) is 89.7 Å². The maximum Gasteiger partial charge on any atom is 0.201 e. The Morgan fingerprint density at radius 2 is 1.61 bits per heavy atom. The zero-order valence-corrected chi connectivity index (χ0v) is 15.5. The molecule has 0 saturated carbocycles. The highest BCUT2D eigenvalue weighted by Gasteiger charge is 2.01. The Kier molecular flexibility index (Phi) is 5.52. The molecule has 0 fully saturated rings. The monoisotopic (exact) mass is 375 g/mol. The highest BCUT2D eigenvalue weighted by molar-refractivity contribution is 5.77. The maximum atomic E-state index is 13.0. The van der Waals surface area contributed by atoms with E-state index in [-0.39, 0.29) is 5.82 Å². The summed E-state index contributed by atoms with van der Waals surface area (Å²) < 4.78 is 18.8. The first kappa shape index (κ1) is 18.0. The fourth-order valence-corrected chi connectivity index (χ4v) is 3.05. The van der Waals surface area contributed by atoms with Gasteiger partial charge in [-0.3, -0.25) is 0 Å². The van der Waals surface area contributed by atoms with Crippen LogP contribution in [0.4, 0.5) is 10.3 Å². The summed E-state index contributed by atoms with van der Waals surface area (Å²) in [7, 11) is 0. The van der Waals surface area contributed by atoms with Crippen LogP contribution in [-0.2, 0) is 6.42 Å². The van der Waals surface area contributed by atoms with Crippen molar-refractivity contribution in [2.75, 3.05) is 18.5 Å². The van der Waals surface area contributed by atoms with Crippen molar-refractivity contribution in [2.24, 2.45) is 0 Å². The second kappa shape index (κ2) is 8.57. The van der Waals surface area contributed by atoms with Crippen LogP contribution in [0.3, 0.4) is 0 Å². The van der Waals surface area contributed by atoms with E-state index in [9.17, 15) is 4.39 Å². The normalized spacial score (nSPS) is 10.9. The summed E-state index contributed by atoms with van der Waals surface area (Å²) in [6, 6.07) is 22.6. The summed E-state index contributed by atoms with van der Waals surface area (Å²) in [5, 5.41) is 3.29. The molecule has 0 amide bonds. The van der Waals surface area contributed by atoms with Gasteiger partial charge >= 0.3 is 0 Å². The first-order chi connectivity index (χ1) is 13.8. The molecule has 0 bridgehead atoms. The maximum absolute atomic E-state index is 13.0. The molecule has 4 nitrogen and oxygen atoms in total. The average Bonchev–Trinajstić information content (AvgIpc) is 3.13. The lowest BCUT2D eigenvalue weighted by molar-refractivity contribution is 0.315. The van der Waals surface area contributed by atoms with Gasteiger partial charge in [0.25, 0.3) is 0 Å². The van der Waals surface area contributed by atoms with Crippen molar-refractivity contribution >= 4 is 17.0 Å². The zero-order valence-electron chi connectivity index (χ0n) is 15.5. The summed E-state index contributed by atoms with van der Waals surface area (Å²) >= 11 is 0. The van der Waals surface area contributed by atoms with Gasteiger partial charge in [0, 0.05) is 6.54 Å². The number of anilines is 1. The largest absolute Gasteiger partial charge is 0.494 e. The van der Waals surface area contributed by atoms with Gasteiger partial charge in [-0.2, -0.15) is 0 Å². The lowest BCUT2D eigenvalue weighted by Gasteiger charge is -2.08. The lowest BCUT2D eigenvalue weighted by atomic mass is 10.1. The fraction of sp³-hybridized carbons (Fsp3) is 0.174. The minimum Gasteiger partial charge on any atom is -0.494 e. The number of para-hydroxylation sites is 2. The van der Waals surface area contributed by atoms with Crippen LogP contribution < -0.4 is 10.1 Å². The van der Waals surface area contributed by atoms with E-state index in [1.165, 1.54) is 17.7 Å². The van der Waals surface area contributed by atoms with Gasteiger partial charge in [0.15, 0.2) is 0 Å². The van der Waals surface area contributed by atoms with Gasteiger partial charge in [-0.15, -0.1) is 0 Å². The molecule has 0 aliphatic rings. The van der Waals surface area contributed by atoms with Crippen LogP contribution in [0.1, 0.15) is 17.5 Å². The molecular formula is C23H22FN3O. The van der Waals surface area contributed by atoms with Crippen molar-refractivity contribution in [3.8, 4) is 5.75 Å². The van der Waals surface area contributed by atoms with E-state index in [2.05, 4.69) is 15.3 Å². The van der Waals surface area contributed by atoms with E-state index >= 15 is 0 Å². The number of H-pyrrole nitrogens is 1. The third kappa shape index (κ3) is 4.68. The van der Waals surface area contributed by atoms with Crippen LogP contribution in [0.25, 0.3) is 11.0 Å². The smallest absolute Gasteiger partial charge is 0.201 e. The molecule has 0 saturated heterocycles. The van der Waals surface area contributed by atoms with Crippen molar-refractivity contribution < 1.29 is 9.13 Å². The quantitative estimate of drug-likeness (QED) is 0.418. The molecule has 2 N–H and O–H groups in total. The molecule has 1 aromatic heterocycles. The number of nitrogens with zero attached hydrogens (tertiary/aromatic N) is 1. The number of benzene rings is 3. The van der Waals surface area contributed by atoms with Gasteiger partial charge in [0.2, 0.25) is 5.95 Å². The van der Waals surface area contributed by atoms with Crippen LogP contribution in [-0.4, -0.2) is 23.1 Å². The number of aromatic nitrogens is 2. The molecule has 4 aromatic rings. The molecule has 142 valence electrons. The Labute approximate surface area is 163 Å². The van der Waals surface area contributed by atoms with E-state index in [1.54, 1.807) is 0 Å². The molecule has 0 spiro atoms. The first-order valence-corrected chi connectivity index (χ1v) is 9.41.